The Labute approximate surface area is 129 Å². The molecule has 2 aromatic rings. The molecule has 0 radical (unpaired) electrons. The molecule has 2 rings (SSSR count). The fraction of sp³-hybridized carbons (Fsp3) is 0.312. The van der Waals surface area contributed by atoms with Crippen LogP contribution in [0.15, 0.2) is 35.7 Å². The van der Waals surface area contributed by atoms with Gasteiger partial charge >= 0.3 is 0 Å². The van der Waals surface area contributed by atoms with E-state index < -0.39 is 0 Å². The molecule has 0 bridgehead atoms. The SMILES string of the molecule is CCN(CC(=O)Nc1ccc(C)cc1N)Cc1cccs1. The molecule has 112 valence electrons. The van der Waals surface area contributed by atoms with Crippen molar-refractivity contribution in [2.75, 3.05) is 24.1 Å². The monoisotopic (exact) mass is 303 g/mol. The summed E-state index contributed by atoms with van der Waals surface area (Å²) in [5, 5.41) is 4.93. The topological polar surface area (TPSA) is 58.4 Å². The maximum Gasteiger partial charge on any atom is 0.238 e. The zero-order valence-electron chi connectivity index (χ0n) is 12.4. The van der Waals surface area contributed by atoms with Gasteiger partial charge in [0.25, 0.3) is 0 Å². The molecular formula is C16H21N3OS. The number of benzene rings is 1. The first-order chi connectivity index (χ1) is 10.1. The predicted molar refractivity (Wildman–Crippen MR) is 89.5 cm³/mol. The number of rotatable bonds is 6. The molecule has 5 heteroatoms. The number of nitrogens with two attached hydrogens (primary N) is 1. The number of aryl methyl sites for hydroxylation is 1. The van der Waals surface area contributed by atoms with Gasteiger partial charge in [-0.25, -0.2) is 0 Å². The van der Waals surface area contributed by atoms with Crippen LogP contribution >= 0.6 is 11.3 Å². The van der Waals surface area contributed by atoms with Crippen LogP contribution in [0, 0.1) is 6.92 Å². The van der Waals surface area contributed by atoms with Crippen molar-refractivity contribution in [1.82, 2.24) is 4.90 Å². The normalized spacial score (nSPS) is 10.8. The van der Waals surface area contributed by atoms with Crippen LogP contribution in [0.3, 0.4) is 0 Å². The summed E-state index contributed by atoms with van der Waals surface area (Å²) in [7, 11) is 0. The largest absolute Gasteiger partial charge is 0.397 e. The highest BCUT2D eigenvalue weighted by molar-refractivity contribution is 7.09. The lowest BCUT2D eigenvalue weighted by Crippen LogP contribution is -2.32. The van der Waals surface area contributed by atoms with E-state index in [2.05, 4.69) is 28.6 Å². The highest BCUT2D eigenvalue weighted by Crippen LogP contribution is 2.19. The minimum Gasteiger partial charge on any atom is -0.397 e. The Bertz CT molecular complexity index is 596. The lowest BCUT2D eigenvalue weighted by molar-refractivity contribution is -0.117. The number of hydrogen-bond donors (Lipinski definition) is 2. The summed E-state index contributed by atoms with van der Waals surface area (Å²) in [6.45, 7) is 6.02. The summed E-state index contributed by atoms with van der Waals surface area (Å²) in [5.74, 6) is -0.0380. The second kappa shape index (κ2) is 7.24. The summed E-state index contributed by atoms with van der Waals surface area (Å²) in [4.78, 5) is 15.5. The van der Waals surface area contributed by atoms with E-state index in [4.69, 9.17) is 5.73 Å². The smallest absolute Gasteiger partial charge is 0.238 e. The van der Waals surface area contributed by atoms with Gasteiger partial charge in [0, 0.05) is 11.4 Å². The van der Waals surface area contributed by atoms with Crippen LogP contribution in [0.25, 0.3) is 0 Å². The van der Waals surface area contributed by atoms with Gasteiger partial charge in [-0.1, -0.05) is 19.1 Å². The van der Waals surface area contributed by atoms with Crippen molar-refractivity contribution >= 4 is 28.6 Å². The number of likely N-dealkylation sites (N-methyl/N-ethyl adjacent to an activating group) is 1. The first-order valence-corrected chi connectivity index (χ1v) is 7.87. The number of anilines is 2. The number of carbonyl (C=O) groups excluding carboxylic acids is 1. The first-order valence-electron chi connectivity index (χ1n) is 6.99. The van der Waals surface area contributed by atoms with E-state index in [1.165, 1.54) is 4.88 Å². The molecule has 0 saturated heterocycles. The second-order valence-electron chi connectivity index (χ2n) is 5.02. The average Bonchev–Trinajstić information content (AvgIpc) is 2.94. The Morgan fingerprint density at radius 1 is 1.38 bits per heavy atom. The van der Waals surface area contributed by atoms with Crippen molar-refractivity contribution in [2.24, 2.45) is 0 Å². The van der Waals surface area contributed by atoms with Crippen LogP contribution in [0.4, 0.5) is 11.4 Å². The van der Waals surface area contributed by atoms with Gasteiger partial charge in [-0.05, 0) is 42.6 Å². The fourth-order valence-electron chi connectivity index (χ4n) is 2.09. The Morgan fingerprint density at radius 3 is 2.81 bits per heavy atom. The minimum atomic E-state index is -0.0380. The molecule has 0 spiro atoms. The van der Waals surface area contributed by atoms with Gasteiger partial charge in [-0.3, -0.25) is 9.69 Å². The van der Waals surface area contributed by atoms with E-state index in [-0.39, 0.29) is 5.91 Å². The average molecular weight is 303 g/mol. The third-order valence-electron chi connectivity index (χ3n) is 3.26. The summed E-state index contributed by atoms with van der Waals surface area (Å²) >= 11 is 1.71. The Balaban J connectivity index is 1.93. The zero-order valence-corrected chi connectivity index (χ0v) is 13.2. The summed E-state index contributed by atoms with van der Waals surface area (Å²) in [6, 6.07) is 9.76. The zero-order chi connectivity index (χ0) is 15.2. The molecule has 0 aliphatic heterocycles. The molecule has 0 fully saturated rings. The number of nitrogens with one attached hydrogen (secondary N) is 1. The molecule has 0 unspecified atom stereocenters. The molecule has 1 aromatic heterocycles. The van der Waals surface area contributed by atoms with Crippen molar-refractivity contribution in [1.29, 1.82) is 0 Å². The van der Waals surface area contributed by atoms with Crippen LogP contribution in [-0.4, -0.2) is 23.9 Å². The Kier molecular flexibility index (Phi) is 5.36. The maximum absolute atomic E-state index is 12.1. The molecule has 1 heterocycles. The first kappa shape index (κ1) is 15.5. The molecule has 0 atom stereocenters. The van der Waals surface area contributed by atoms with Gasteiger partial charge in [-0.15, -0.1) is 11.3 Å². The number of amides is 1. The molecule has 3 N–H and O–H groups in total. The summed E-state index contributed by atoms with van der Waals surface area (Å²) in [5.41, 5.74) is 8.28. The van der Waals surface area contributed by atoms with Crippen LogP contribution in [0.5, 0.6) is 0 Å². The van der Waals surface area contributed by atoms with Gasteiger partial charge in [0.15, 0.2) is 0 Å². The lowest BCUT2D eigenvalue weighted by Gasteiger charge is -2.19. The van der Waals surface area contributed by atoms with Crippen molar-refractivity contribution in [3.05, 3.63) is 46.2 Å². The van der Waals surface area contributed by atoms with E-state index in [0.717, 1.165) is 18.7 Å². The highest BCUT2D eigenvalue weighted by atomic mass is 32.1. The molecule has 0 aliphatic rings. The Hall–Kier alpha value is -1.85. The number of hydrogen-bond acceptors (Lipinski definition) is 4. The van der Waals surface area contributed by atoms with Crippen molar-refractivity contribution < 1.29 is 4.79 Å². The Morgan fingerprint density at radius 2 is 2.19 bits per heavy atom. The predicted octanol–water partition coefficient (Wildman–Crippen LogP) is 3.10. The molecule has 0 aliphatic carbocycles. The number of thiophene rings is 1. The molecular weight excluding hydrogens is 282 g/mol. The fourth-order valence-corrected chi connectivity index (χ4v) is 2.84. The van der Waals surface area contributed by atoms with E-state index in [9.17, 15) is 4.79 Å². The molecule has 1 amide bonds. The van der Waals surface area contributed by atoms with Gasteiger partial charge in [0.05, 0.1) is 17.9 Å². The highest BCUT2D eigenvalue weighted by Gasteiger charge is 2.11. The lowest BCUT2D eigenvalue weighted by atomic mass is 10.2. The van der Waals surface area contributed by atoms with E-state index in [1.807, 2.05) is 31.2 Å². The van der Waals surface area contributed by atoms with Gasteiger partial charge in [-0.2, -0.15) is 0 Å². The van der Waals surface area contributed by atoms with Gasteiger partial charge in [0.1, 0.15) is 0 Å². The third kappa shape index (κ3) is 4.58. The standard InChI is InChI=1S/C16H21N3OS/c1-3-19(10-13-5-4-8-21-13)11-16(20)18-15-7-6-12(2)9-14(15)17/h4-9H,3,10-11,17H2,1-2H3,(H,18,20). The van der Waals surface area contributed by atoms with Crippen molar-refractivity contribution in [2.45, 2.75) is 20.4 Å². The van der Waals surface area contributed by atoms with Crippen LogP contribution in [-0.2, 0) is 11.3 Å². The van der Waals surface area contributed by atoms with Crippen molar-refractivity contribution in [3.63, 3.8) is 0 Å². The molecule has 0 saturated carbocycles. The minimum absolute atomic E-state index is 0.0380. The van der Waals surface area contributed by atoms with Gasteiger partial charge in [0.2, 0.25) is 5.91 Å². The quantitative estimate of drug-likeness (QED) is 0.806. The van der Waals surface area contributed by atoms with Crippen molar-refractivity contribution in [3.8, 4) is 0 Å². The summed E-state index contributed by atoms with van der Waals surface area (Å²) in [6.07, 6.45) is 0. The van der Waals surface area contributed by atoms with Crippen LogP contribution in [0.1, 0.15) is 17.4 Å². The van der Waals surface area contributed by atoms with Crippen LogP contribution in [0.2, 0.25) is 0 Å². The van der Waals surface area contributed by atoms with E-state index in [1.54, 1.807) is 11.3 Å². The van der Waals surface area contributed by atoms with Crippen LogP contribution < -0.4 is 11.1 Å². The molecule has 4 nitrogen and oxygen atoms in total. The summed E-state index contributed by atoms with van der Waals surface area (Å²) < 4.78 is 0. The number of nitrogen functional groups attached to an aromatic ring is 1. The number of nitrogens with zero attached hydrogens (tertiary/aromatic N) is 1. The van der Waals surface area contributed by atoms with Gasteiger partial charge < -0.3 is 11.1 Å². The maximum atomic E-state index is 12.1. The molecule has 1 aromatic carbocycles. The number of carbonyl (C=O) groups is 1. The second-order valence-corrected chi connectivity index (χ2v) is 6.05. The van der Waals surface area contributed by atoms with E-state index >= 15 is 0 Å². The molecule has 21 heavy (non-hydrogen) atoms. The third-order valence-corrected chi connectivity index (χ3v) is 4.12. The van der Waals surface area contributed by atoms with E-state index in [0.29, 0.717) is 17.9 Å².